The van der Waals surface area contributed by atoms with Gasteiger partial charge in [-0.25, -0.2) is 4.98 Å². The van der Waals surface area contributed by atoms with Gasteiger partial charge in [0.05, 0.1) is 11.1 Å². The molecule has 3 nitrogen and oxygen atoms in total. The average Bonchev–Trinajstić information content (AvgIpc) is 2.91. The number of nitrogens with zero attached hydrogens (tertiary/aromatic N) is 1. The van der Waals surface area contributed by atoms with Crippen molar-refractivity contribution in [3.63, 3.8) is 0 Å². The van der Waals surface area contributed by atoms with Crippen LogP contribution in [0.25, 0.3) is 11.1 Å². The molecule has 3 rings (SSSR count). The second-order valence-electron chi connectivity index (χ2n) is 3.91. The molecule has 1 saturated heterocycles. The lowest BCUT2D eigenvalue weighted by molar-refractivity contribution is 0.452. The normalized spacial score (nSPS) is 20.8. The first kappa shape index (κ1) is 10.4. The predicted octanol–water partition coefficient (Wildman–Crippen LogP) is 3.56. The molecule has 0 radical (unpaired) electrons. The minimum Gasteiger partial charge on any atom is -0.437 e. The predicted molar refractivity (Wildman–Crippen MR) is 64.0 cm³/mol. The van der Waals surface area contributed by atoms with Crippen molar-refractivity contribution in [2.24, 2.45) is 0 Å². The Morgan fingerprint density at radius 2 is 2.25 bits per heavy atom. The van der Waals surface area contributed by atoms with Crippen molar-refractivity contribution in [1.29, 1.82) is 0 Å². The zero-order valence-corrected chi connectivity index (χ0v) is 9.98. The lowest BCUT2D eigenvalue weighted by Gasteiger charge is -2.02. The fourth-order valence-electron chi connectivity index (χ4n) is 2.00. The van der Waals surface area contributed by atoms with Gasteiger partial charge >= 0.3 is 0 Å². The van der Waals surface area contributed by atoms with Crippen LogP contribution in [0.4, 0.5) is 0 Å². The molecule has 1 N–H and O–H groups in total. The van der Waals surface area contributed by atoms with Crippen molar-refractivity contribution in [2.75, 3.05) is 6.54 Å². The number of hydrogen-bond acceptors (Lipinski definition) is 3. The quantitative estimate of drug-likeness (QED) is 0.848. The number of rotatable bonds is 1. The fourth-order valence-corrected chi connectivity index (χ4v) is 2.34. The molecule has 16 heavy (non-hydrogen) atoms. The summed E-state index contributed by atoms with van der Waals surface area (Å²) >= 11 is 12.0. The van der Waals surface area contributed by atoms with Crippen LogP contribution in [-0.4, -0.2) is 11.5 Å². The van der Waals surface area contributed by atoms with Gasteiger partial charge in [-0.2, -0.15) is 0 Å². The van der Waals surface area contributed by atoms with E-state index in [9.17, 15) is 0 Å². The van der Waals surface area contributed by atoms with E-state index in [0.717, 1.165) is 24.9 Å². The maximum absolute atomic E-state index is 6.06. The number of hydrogen-bond donors (Lipinski definition) is 1. The largest absolute Gasteiger partial charge is 0.437 e. The molecule has 1 aromatic carbocycles. The van der Waals surface area contributed by atoms with Crippen LogP contribution >= 0.6 is 23.2 Å². The molecule has 84 valence electrons. The summed E-state index contributed by atoms with van der Waals surface area (Å²) < 4.78 is 5.67. The van der Waals surface area contributed by atoms with Gasteiger partial charge in [0.1, 0.15) is 10.5 Å². The molecule has 0 amide bonds. The van der Waals surface area contributed by atoms with Gasteiger partial charge in [0, 0.05) is 0 Å². The van der Waals surface area contributed by atoms with Crippen LogP contribution in [0.3, 0.4) is 0 Å². The number of benzene rings is 1. The number of oxazole rings is 1. The van der Waals surface area contributed by atoms with Crippen LogP contribution in [0.2, 0.25) is 10.0 Å². The van der Waals surface area contributed by atoms with Crippen LogP contribution < -0.4 is 5.32 Å². The van der Waals surface area contributed by atoms with Gasteiger partial charge in [0.2, 0.25) is 5.89 Å². The third-order valence-corrected chi connectivity index (χ3v) is 3.61. The van der Waals surface area contributed by atoms with E-state index in [1.165, 1.54) is 0 Å². The van der Waals surface area contributed by atoms with Crippen LogP contribution in [0.1, 0.15) is 24.8 Å². The first-order chi connectivity index (χ1) is 7.75. The highest BCUT2D eigenvalue weighted by Crippen LogP contribution is 2.33. The first-order valence-corrected chi connectivity index (χ1v) is 5.99. The molecule has 1 unspecified atom stereocenters. The maximum atomic E-state index is 6.06. The van der Waals surface area contributed by atoms with Gasteiger partial charge in [-0.05, 0) is 31.5 Å². The molecule has 2 aromatic rings. The average molecular weight is 257 g/mol. The molecule has 1 aliphatic heterocycles. The monoisotopic (exact) mass is 256 g/mol. The SMILES string of the molecule is Clc1ccc2nc(C3CCCN3)oc2c1Cl. The van der Waals surface area contributed by atoms with Gasteiger partial charge in [-0.1, -0.05) is 23.2 Å². The van der Waals surface area contributed by atoms with E-state index in [4.69, 9.17) is 27.6 Å². The number of nitrogens with one attached hydrogen (secondary N) is 1. The van der Waals surface area contributed by atoms with E-state index >= 15 is 0 Å². The highest BCUT2D eigenvalue weighted by molar-refractivity contribution is 6.44. The highest BCUT2D eigenvalue weighted by atomic mass is 35.5. The molecule has 0 aliphatic carbocycles. The number of halogens is 2. The van der Waals surface area contributed by atoms with E-state index < -0.39 is 0 Å². The van der Waals surface area contributed by atoms with E-state index in [1.54, 1.807) is 6.07 Å². The van der Waals surface area contributed by atoms with E-state index in [2.05, 4.69) is 10.3 Å². The third kappa shape index (κ3) is 1.59. The highest BCUT2D eigenvalue weighted by Gasteiger charge is 2.22. The molecular weight excluding hydrogens is 247 g/mol. The van der Waals surface area contributed by atoms with Gasteiger partial charge in [0.15, 0.2) is 5.58 Å². The Labute approximate surface area is 103 Å². The summed E-state index contributed by atoms with van der Waals surface area (Å²) in [6, 6.07) is 3.77. The van der Waals surface area contributed by atoms with Crippen LogP contribution in [0.5, 0.6) is 0 Å². The Bertz CT molecular complexity index is 532. The zero-order chi connectivity index (χ0) is 11.1. The van der Waals surface area contributed by atoms with Crippen molar-refractivity contribution in [3.05, 3.63) is 28.1 Å². The summed E-state index contributed by atoms with van der Waals surface area (Å²) in [4.78, 5) is 4.42. The van der Waals surface area contributed by atoms with Crippen molar-refractivity contribution in [3.8, 4) is 0 Å². The second-order valence-corrected chi connectivity index (χ2v) is 4.70. The van der Waals surface area contributed by atoms with Gasteiger partial charge < -0.3 is 9.73 Å². The summed E-state index contributed by atoms with van der Waals surface area (Å²) in [6.45, 7) is 1.01. The van der Waals surface area contributed by atoms with Gasteiger partial charge in [-0.15, -0.1) is 0 Å². The lowest BCUT2D eigenvalue weighted by Crippen LogP contribution is -2.12. The molecule has 1 atom stereocenters. The summed E-state index contributed by atoms with van der Waals surface area (Å²) in [5, 5.41) is 4.27. The fraction of sp³-hybridized carbons (Fsp3) is 0.364. The first-order valence-electron chi connectivity index (χ1n) is 5.23. The molecule has 1 aliphatic rings. The van der Waals surface area contributed by atoms with E-state index in [-0.39, 0.29) is 6.04 Å². The molecule has 1 aromatic heterocycles. The molecule has 0 saturated carbocycles. The van der Waals surface area contributed by atoms with Crippen LogP contribution in [0, 0.1) is 0 Å². The second kappa shape index (κ2) is 3.91. The minimum atomic E-state index is 0.210. The number of fused-ring (bicyclic) bond motifs is 1. The molecule has 0 spiro atoms. The Hall–Kier alpha value is -0.770. The van der Waals surface area contributed by atoms with Gasteiger partial charge in [-0.3, -0.25) is 0 Å². The Morgan fingerprint density at radius 3 is 3.00 bits per heavy atom. The van der Waals surface area contributed by atoms with Gasteiger partial charge in [0.25, 0.3) is 0 Å². The lowest BCUT2D eigenvalue weighted by atomic mass is 10.2. The molecule has 5 heteroatoms. The minimum absolute atomic E-state index is 0.210. The van der Waals surface area contributed by atoms with E-state index in [1.807, 2.05) is 6.07 Å². The van der Waals surface area contributed by atoms with Crippen molar-refractivity contribution < 1.29 is 4.42 Å². The molecule has 1 fully saturated rings. The van der Waals surface area contributed by atoms with Crippen LogP contribution in [0.15, 0.2) is 16.5 Å². The maximum Gasteiger partial charge on any atom is 0.212 e. The van der Waals surface area contributed by atoms with Crippen molar-refractivity contribution >= 4 is 34.3 Å². The smallest absolute Gasteiger partial charge is 0.212 e. The Balaban J connectivity index is 2.11. The summed E-state index contributed by atoms with van der Waals surface area (Å²) in [5.74, 6) is 0.705. The Kier molecular flexibility index (Phi) is 2.54. The van der Waals surface area contributed by atoms with Crippen molar-refractivity contribution in [2.45, 2.75) is 18.9 Å². The standard InChI is InChI=1S/C11H10Cl2N2O/c12-6-3-4-7-10(9(6)13)16-11(15-7)8-2-1-5-14-8/h3-4,8,14H,1-2,5H2. The van der Waals surface area contributed by atoms with Crippen molar-refractivity contribution in [1.82, 2.24) is 10.3 Å². The summed E-state index contributed by atoms with van der Waals surface area (Å²) in [5.41, 5.74) is 1.34. The third-order valence-electron chi connectivity index (χ3n) is 2.82. The van der Waals surface area contributed by atoms with Crippen LogP contribution in [-0.2, 0) is 0 Å². The number of aromatic nitrogens is 1. The molecule has 2 heterocycles. The summed E-state index contributed by atoms with van der Waals surface area (Å²) in [6.07, 6.45) is 2.20. The molecular formula is C11H10Cl2N2O. The zero-order valence-electron chi connectivity index (χ0n) is 8.46. The Morgan fingerprint density at radius 1 is 1.38 bits per heavy atom. The summed E-state index contributed by atoms with van der Waals surface area (Å²) in [7, 11) is 0. The van der Waals surface area contributed by atoms with E-state index in [0.29, 0.717) is 21.5 Å². The topological polar surface area (TPSA) is 38.1 Å². The molecule has 0 bridgehead atoms.